The summed E-state index contributed by atoms with van der Waals surface area (Å²) < 4.78 is 63.5. The zero-order chi connectivity index (χ0) is 33.1. The number of likely N-dealkylation sites (tertiary alicyclic amines) is 1. The summed E-state index contributed by atoms with van der Waals surface area (Å²) in [6.07, 6.45) is -4.17. The Morgan fingerprint density at radius 3 is 2.00 bits per heavy atom. The van der Waals surface area contributed by atoms with E-state index in [1.807, 2.05) is 24.3 Å². The van der Waals surface area contributed by atoms with Gasteiger partial charge in [-0.25, -0.2) is 14.6 Å². The molecule has 3 heterocycles. The van der Waals surface area contributed by atoms with Crippen LogP contribution in [0.4, 0.5) is 26.3 Å². The van der Waals surface area contributed by atoms with Crippen LogP contribution in [0.5, 0.6) is 0 Å². The summed E-state index contributed by atoms with van der Waals surface area (Å²) in [7, 11) is 4.40. The second-order valence-corrected chi connectivity index (χ2v) is 9.97. The molecule has 44 heavy (non-hydrogen) atoms. The third-order valence-corrected chi connectivity index (χ3v) is 6.27. The number of rotatable bonds is 6. The van der Waals surface area contributed by atoms with Gasteiger partial charge in [0.2, 0.25) is 0 Å². The molecule has 4 rings (SSSR count). The van der Waals surface area contributed by atoms with Crippen LogP contribution in [0.25, 0.3) is 22.6 Å². The molecule has 1 aliphatic heterocycles. The zero-order valence-electron chi connectivity index (χ0n) is 23.7. The maximum atomic E-state index is 12.2. The molecule has 0 radical (unpaired) electrons. The standard InChI is InChI=1S/C24H29N5O.2C2HF3O2/c1-28-12-9-19(10-13-28)17-29(2)16-18-5-7-20(8-6-18)24-26-22(14-23(30)27-24)21-4-3-11-25-15-21;2*3-2(4,5)1(6)7/h3-8,11,14-15,19H,9-10,12-13,16-17H2,1-2H3,(H,26,27,30);2*(H,6,7). The number of benzene rings is 1. The molecule has 0 bridgehead atoms. The Kier molecular flexibility index (Phi) is 13.0. The first-order valence-electron chi connectivity index (χ1n) is 13.0. The van der Waals surface area contributed by atoms with Gasteiger partial charge >= 0.3 is 24.3 Å². The van der Waals surface area contributed by atoms with E-state index in [-0.39, 0.29) is 5.56 Å². The Hall–Kier alpha value is -4.31. The van der Waals surface area contributed by atoms with Crippen molar-refractivity contribution in [3.63, 3.8) is 0 Å². The Balaban J connectivity index is 0.000000402. The number of carboxylic acid groups (broad SMARTS) is 2. The van der Waals surface area contributed by atoms with E-state index in [4.69, 9.17) is 19.8 Å². The van der Waals surface area contributed by atoms with Gasteiger partial charge in [0, 0.05) is 42.7 Å². The molecule has 2 aromatic heterocycles. The van der Waals surface area contributed by atoms with Crippen LogP contribution in [0.15, 0.2) is 59.7 Å². The predicted molar refractivity (Wildman–Crippen MR) is 147 cm³/mol. The fraction of sp³-hybridized carbons (Fsp3) is 0.393. The monoisotopic (exact) mass is 631 g/mol. The summed E-state index contributed by atoms with van der Waals surface area (Å²) >= 11 is 0. The third-order valence-electron chi connectivity index (χ3n) is 6.27. The molecule has 1 aliphatic rings. The summed E-state index contributed by atoms with van der Waals surface area (Å²) in [6, 6.07) is 13.6. The summed E-state index contributed by atoms with van der Waals surface area (Å²) in [4.78, 5) is 46.4. The fourth-order valence-electron chi connectivity index (χ4n) is 4.09. The molecule has 10 nitrogen and oxygen atoms in total. The number of aliphatic carboxylic acids is 2. The number of nitrogens with zero attached hydrogens (tertiary/aromatic N) is 4. The highest BCUT2D eigenvalue weighted by Gasteiger charge is 2.38. The van der Waals surface area contributed by atoms with Crippen LogP contribution in [-0.4, -0.2) is 93.0 Å². The minimum absolute atomic E-state index is 0.166. The van der Waals surface area contributed by atoms with Crippen LogP contribution in [0.1, 0.15) is 18.4 Å². The summed E-state index contributed by atoms with van der Waals surface area (Å²) in [5, 5.41) is 14.2. The summed E-state index contributed by atoms with van der Waals surface area (Å²) in [5.74, 6) is -4.15. The van der Waals surface area contributed by atoms with E-state index >= 15 is 0 Å². The van der Waals surface area contributed by atoms with Crippen molar-refractivity contribution in [2.75, 3.05) is 33.7 Å². The Morgan fingerprint density at radius 1 is 0.977 bits per heavy atom. The van der Waals surface area contributed by atoms with E-state index in [1.165, 1.54) is 37.6 Å². The lowest BCUT2D eigenvalue weighted by Gasteiger charge is -2.31. The number of carboxylic acids is 2. The summed E-state index contributed by atoms with van der Waals surface area (Å²) in [6.45, 7) is 4.47. The number of pyridine rings is 1. The van der Waals surface area contributed by atoms with Crippen LogP contribution >= 0.6 is 0 Å². The number of aromatic nitrogens is 3. The molecular weight excluding hydrogens is 600 g/mol. The number of nitrogens with one attached hydrogen (secondary N) is 1. The van der Waals surface area contributed by atoms with E-state index in [2.05, 4.69) is 51.0 Å². The minimum atomic E-state index is -5.08. The van der Waals surface area contributed by atoms with Crippen molar-refractivity contribution in [3.8, 4) is 22.6 Å². The molecule has 0 atom stereocenters. The molecule has 240 valence electrons. The van der Waals surface area contributed by atoms with Gasteiger partial charge in [-0.05, 0) is 63.6 Å². The normalized spacial score (nSPS) is 14.2. The Morgan fingerprint density at radius 2 is 1.52 bits per heavy atom. The van der Waals surface area contributed by atoms with Crippen molar-refractivity contribution in [2.24, 2.45) is 5.92 Å². The lowest BCUT2D eigenvalue weighted by molar-refractivity contribution is -0.193. The van der Waals surface area contributed by atoms with Crippen LogP contribution in [-0.2, 0) is 16.1 Å². The molecule has 0 saturated carbocycles. The number of piperidine rings is 1. The predicted octanol–water partition coefficient (Wildman–Crippen LogP) is 4.54. The molecule has 1 fully saturated rings. The Bertz CT molecular complexity index is 1380. The van der Waals surface area contributed by atoms with Crippen LogP contribution in [0.2, 0.25) is 0 Å². The number of alkyl halides is 6. The molecule has 0 spiro atoms. The first-order chi connectivity index (χ1) is 20.5. The van der Waals surface area contributed by atoms with Crippen molar-refractivity contribution < 1.29 is 46.1 Å². The quantitative estimate of drug-likeness (QED) is 0.335. The van der Waals surface area contributed by atoms with Gasteiger partial charge in [0.15, 0.2) is 0 Å². The third kappa shape index (κ3) is 12.5. The van der Waals surface area contributed by atoms with Gasteiger partial charge < -0.3 is 25.0 Å². The number of halogens is 6. The van der Waals surface area contributed by atoms with Gasteiger partial charge in [0.1, 0.15) is 5.82 Å². The van der Waals surface area contributed by atoms with Gasteiger partial charge in [-0.1, -0.05) is 24.3 Å². The first-order valence-corrected chi connectivity index (χ1v) is 13.0. The topological polar surface area (TPSA) is 140 Å². The van der Waals surface area contributed by atoms with E-state index < -0.39 is 24.3 Å². The molecule has 1 aromatic carbocycles. The highest BCUT2D eigenvalue weighted by molar-refractivity contribution is 5.73. The van der Waals surface area contributed by atoms with Crippen molar-refractivity contribution >= 4 is 11.9 Å². The van der Waals surface area contributed by atoms with Crippen LogP contribution in [0.3, 0.4) is 0 Å². The largest absolute Gasteiger partial charge is 0.490 e. The van der Waals surface area contributed by atoms with Crippen LogP contribution < -0.4 is 5.56 Å². The van der Waals surface area contributed by atoms with Gasteiger partial charge in [0.25, 0.3) is 5.56 Å². The molecule has 3 N–H and O–H groups in total. The van der Waals surface area contributed by atoms with E-state index in [1.54, 1.807) is 12.4 Å². The smallest absolute Gasteiger partial charge is 0.475 e. The van der Waals surface area contributed by atoms with Gasteiger partial charge in [-0.2, -0.15) is 26.3 Å². The first kappa shape index (κ1) is 35.9. The molecule has 0 amide bonds. The van der Waals surface area contributed by atoms with E-state index in [0.29, 0.717) is 11.5 Å². The zero-order valence-corrected chi connectivity index (χ0v) is 23.7. The second-order valence-electron chi connectivity index (χ2n) is 9.97. The molecular formula is C28H31F6N5O5. The van der Waals surface area contributed by atoms with Gasteiger partial charge in [-0.3, -0.25) is 9.78 Å². The number of aromatic amines is 1. The number of hydrogen-bond donors (Lipinski definition) is 3. The number of H-pyrrole nitrogens is 1. The number of hydrogen-bond acceptors (Lipinski definition) is 7. The van der Waals surface area contributed by atoms with Crippen molar-refractivity contribution in [1.29, 1.82) is 0 Å². The Labute approximate surface area is 248 Å². The second kappa shape index (κ2) is 16.0. The maximum Gasteiger partial charge on any atom is 0.490 e. The average molecular weight is 632 g/mol. The van der Waals surface area contributed by atoms with E-state index in [9.17, 15) is 31.1 Å². The number of carbonyl (C=O) groups is 2. The summed E-state index contributed by atoms with van der Waals surface area (Å²) in [5.41, 5.74) is 3.46. The van der Waals surface area contributed by atoms with Gasteiger partial charge in [0.05, 0.1) is 5.69 Å². The molecule has 16 heteroatoms. The van der Waals surface area contributed by atoms with Crippen molar-refractivity contribution in [1.82, 2.24) is 24.8 Å². The lowest BCUT2D eigenvalue weighted by Crippen LogP contribution is -2.35. The van der Waals surface area contributed by atoms with Gasteiger partial charge in [-0.15, -0.1) is 0 Å². The molecule has 3 aromatic rings. The lowest BCUT2D eigenvalue weighted by atomic mass is 9.96. The highest BCUT2D eigenvalue weighted by Crippen LogP contribution is 2.21. The van der Waals surface area contributed by atoms with Crippen molar-refractivity contribution in [3.05, 3.63) is 70.8 Å². The van der Waals surface area contributed by atoms with Crippen molar-refractivity contribution in [2.45, 2.75) is 31.7 Å². The molecule has 0 aliphatic carbocycles. The fourth-order valence-corrected chi connectivity index (χ4v) is 4.09. The SMILES string of the molecule is CN1CCC(CN(C)Cc2ccc(-c3nc(-c4cccnc4)cc(=O)[nH]3)cc2)CC1.O=C(O)C(F)(F)F.O=C(O)C(F)(F)F. The minimum Gasteiger partial charge on any atom is -0.475 e. The average Bonchev–Trinajstić information content (AvgIpc) is 2.94. The maximum absolute atomic E-state index is 12.2. The van der Waals surface area contributed by atoms with E-state index in [0.717, 1.165) is 30.1 Å². The van der Waals surface area contributed by atoms with Crippen LogP contribution in [0, 0.1) is 5.92 Å². The molecule has 0 unspecified atom stereocenters. The highest BCUT2D eigenvalue weighted by atomic mass is 19.4. The molecule has 1 saturated heterocycles.